The Labute approximate surface area is 168 Å². The van der Waals surface area contributed by atoms with E-state index in [9.17, 15) is 13.2 Å². The predicted molar refractivity (Wildman–Crippen MR) is 108 cm³/mol. The Morgan fingerprint density at radius 1 is 1.07 bits per heavy atom. The van der Waals surface area contributed by atoms with Gasteiger partial charge in [-0.2, -0.15) is 0 Å². The summed E-state index contributed by atoms with van der Waals surface area (Å²) in [6, 6.07) is 11.8. The Hall–Kier alpha value is -1.96. The van der Waals surface area contributed by atoms with Gasteiger partial charge in [-0.05, 0) is 54.8 Å². The average Bonchev–Trinajstić information content (AvgIpc) is 2.60. The number of nitrogens with one attached hydrogen (secondary N) is 2. The van der Waals surface area contributed by atoms with Crippen molar-refractivity contribution in [1.82, 2.24) is 5.32 Å². The maximum absolute atomic E-state index is 11.8. The van der Waals surface area contributed by atoms with E-state index in [1.165, 1.54) is 0 Å². The number of sulfonamides is 1. The van der Waals surface area contributed by atoms with Crippen LogP contribution in [-0.4, -0.2) is 33.7 Å². The highest BCUT2D eigenvalue weighted by Crippen LogP contribution is 2.23. The first-order valence-electron chi connectivity index (χ1n) is 8.14. The van der Waals surface area contributed by atoms with E-state index in [2.05, 4.69) is 10.0 Å². The molecule has 0 saturated heterocycles. The summed E-state index contributed by atoms with van der Waals surface area (Å²) in [6.07, 6.45) is 2.60. The molecule has 0 saturated carbocycles. The topological polar surface area (TPSA) is 84.5 Å². The summed E-state index contributed by atoms with van der Waals surface area (Å²) in [7, 11) is -3.32. The molecule has 2 rings (SSSR count). The maximum Gasteiger partial charge on any atom is 0.257 e. The molecule has 0 radical (unpaired) electrons. The zero-order chi connectivity index (χ0) is 19.9. The number of aryl methyl sites for hydroxylation is 1. The number of hydrogen-bond donors (Lipinski definition) is 2. The monoisotopic (exact) mass is 430 g/mol. The van der Waals surface area contributed by atoms with Crippen LogP contribution in [0.4, 0.5) is 5.69 Å². The largest absolute Gasteiger partial charge is 0.484 e. The molecular weight excluding hydrogens is 411 g/mol. The third-order valence-electron chi connectivity index (χ3n) is 3.48. The molecule has 0 atom stereocenters. The van der Waals surface area contributed by atoms with Crippen molar-refractivity contribution in [1.29, 1.82) is 0 Å². The second-order valence-corrected chi connectivity index (χ2v) is 8.45. The third kappa shape index (κ3) is 8.07. The molecule has 9 heteroatoms. The van der Waals surface area contributed by atoms with Crippen LogP contribution < -0.4 is 14.8 Å². The second kappa shape index (κ2) is 9.82. The molecule has 2 aromatic rings. The molecule has 0 bridgehead atoms. The molecule has 2 N–H and O–H groups in total. The van der Waals surface area contributed by atoms with Gasteiger partial charge in [0.05, 0.1) is 16.3 Å². The first kappa shape index (κ1) is 21.3. The fourth-order valence-corrected chi connectivity index (χ4v) is 3.13. The number of ether oxygens (including phenoxy) is 1. The van der Waals surface area contributed by atoms with E-state index in [0.717, 1.165) is 24.7 Å². The van der Waals surface area contributed by atoms with E-state index < -0.39 is 10.0 Å². The van der Waals surface area contributed by atoms with Crippen LogP contribution in [0.1, 0.15) is 12.0 Å². The second-order valence-electron chi connectivity index (χ2n) is 5.89. The van der Waals surface area contributed by atoms with Crippen molar-refractivity contribution < 1.29 is 17.9 Å². The molecule has 1 amide bonds. The van der Waals surface area contributed by atoms with Gasteiger partial charge in [0.15, 0.2) is 6.61 Å². The van der Waals surface area contributed by atoms with E-state index in [1.807, 2.05) is 12.1 Å². The third-order valence-corrected chi connectivity index (χ3v) is 4.82. The molecule has 0 aliphatic carbocycles. The minimum Gasteiger partial charge on any atom is -0.484 e. The van der Waals surface area contributed by atoms with Crippen LogP contribution >= 0.6 is 23.2 Å². The molecule has 0 aromatic heterocycles. The van der Waals surface area contributed by atoms with Crippen LogP contribution in [0.5, 0.6) is 5.75 Å². The minimum atomic E-state index is -3.32. The normalized spacial score (nSPS) is 11.1. The lowest BCUT2D eigenvalue weighted by Crippen LogP contribution is -2.29. The van der Waals surface area contributed by atoms with E-state index >= 15 is 0 Å². The molecule has 0 fully saturated rings. The summed E-state index contributed by atoms with van der Waals surface area (Å²) in [5.41, 5.74) is 1.48. The molecule has 27 heavy (non-hydrogen) atoms. The van der Waals surface area contributed by atoms with Crippen LogP contribution in [0.2, 0.25) is 10.0 Å². The molecular formula is C18H20Cl2N2O4S. The SMILES string of the molecule is CS(=O)(=O)Nc1ccc(OCC(=O)NCCCc2ccc(Cl)c(Cl)c2)cc1. The van der Waals surface area contributed by atoms with Crippen LogP contribution in [0.3, 0.4) is 0 Å². The van der Waals surface area contributed by atoms with Crippen molar-refractivity contribution >= 4 is 44.8 Å². The standard InChI is InChI=1S/C18H20Cl2N2O4S/c1-27(24,25)22-14-5-7-15(8-6-14)26-12-18(23)21-10-2-3-13-4-9-16(19)17(20)11-13/h4-9,11,22H,2-3,10,12H2,1H3,(H,21,23). The van der Waals surface area contributed by atoms with Gasteiger partial charge < -0.3 is 10.1 Å². The quantitative estimate of drug-likeness (QED) is 0.596. The highest BCUT2D eigenvalue weighted by atomic mass is 35.5. The fourth-order valence-electron chi connectivity index (χ4n) is 2.25. The predicted octanol–water partition coefficient (Wildman–Crippen LogP) is 3.49. The van der Waals surface area contributed by atoms with E-state index in [1.54, 1.807) is 30.3 Å². The smallest absolute Gasteiger partial charge is 0.257 e. The molecule has 6 nitrogen and oxygen atoms in total. The van der Waals surface area contributed by atoms with Crippen molar-refractivity contribution in [2.24, 2.45) is 0 Å². The summed E-state index contributed by atoms with van der Waals surface area (Å²) in [5.74, 6) is 0.238. The van der Waals surface area contributed by atoms with Crippen molar-refractivity contribution in [3.05, 3.63) is 58.1 Å². The number of carbonyl (C=O) groups excluding carboxylic acids is 1. The highest BCUT2D eigenvalue weighted by Gasteiger charge is 2.05. The molecule has 146 valence electrons. The zero-order valence-corrected chi connectivity index (χ0v) is 17.0. The molecule has 0 aliphatic rings. The Balaban J connectivity index is 1.67. The Morgan fingerprint density at radius 3 is 2.41 bits per heavy atom. The number of rotatable bonds is 9. The van der Waals surface area contributed by atoms with Gasteiger partial charge in [-0.25, -0.2) is 8.42 Å². The summed E-state index contributed by atoms with van der Waals surface area (Å²) in [6.45, 7) is 0.394. The van der Waals surface area contributed by atoms with Gasteiger partial charge in [-0.1, -0.05) is 29.3 Å². The summed E-state index contributed by atoms with van der Waals surface area (Å²) in [5, 5.41) is 3.81. The van der Waals surface area contributed by atoms with Crippen molar-refractivity contribution in [3.63, 3.8) is 0 Å². The van der Waals surface area contributed by atoms with Gasteiger partial charge in [0.2, 0.25) is 10.0 Å². The molecule has 2 aromatic carbocycles. The lowest BCUT2D eigenvalue weighted by molar-refractivity contribution is -0.123. The van der Waals surface area contributed by atoms with Gasteiger partial charge in [0, 0.05) is 12.2 Å². The lowest BCUT2D eigenvalue weighted by Gasteiger charge is -2.09. The zero-order valence-electron chi connectivity index (χ0n) is 14.7. The van der Waals surface area contributed by atoms with Gasteiger partial charge in [0.1, 0.15) is 5.75 Å². The van der Waals surface area contributed by atoms with Gasteiger partial charge in [-0.15, -0.1) is 0 Å². The molecule has 0 unspecified atom stereocenters. The minimum absolute atomic E-state index is 0.119. The molecule has 0 heterocycles. The number of halogens is 2. The Morgan fingerprint density at radius 2 is 1.78 bits per heavy atom. The Bertz CT molecular complexity index is 887. The Kier molecular flexibility index (Phi) is 7.77. The molecule has 0 spiro atoms. The number of anilines is 1. The van der Waals surface area contributed by atoms with Crippen molar-refractivity contribution in [2.75, 3.05) is 24.1 Å². The number of carbonyl (C=O) groups is 1. The number of benzene rings is 2. The first-order chi connectivity index (χ1) is 12.7. The van der Waals surface area contributed by atoms with Gasteiger partial charge >= 0.3 is 0 Å². The van der Waals surface area contributed by atoms with Crippen LogP contribution in [0.25, 0.3) is 0 Å². The summed E-state index contributed by atoms with van der Waals surface area (Å²) in [4.78, 5) is 11.8. The van der Waals surface area contributed by atoms with Gasteiger partial charge in [0.25, 0.3) is 5.91 Å². The number of amides is 1. The highest BCUT2D eigenvalue weighted by molar-refractivity contribution is 7.92. The van der Waals surface area contributed by atoms with E-state index in [-0.39, 0.29) is 12.5 Å². The van der Waals surface area contributed by atoms with Crippen LogP contribution in [0.15, 0.2) is 42.5 Å². The fraction of sp³-hybridized carbons (Fsp3) is 0.278. The van der Waals surface area contributed by atoms with Crippen LogP contribution in [0, 0.1) is 0 Å². The summed E-state index contributed by atoms with van der Waals surface area (Å²) < 4.78 is 30.0. The number of hydrogen-bond acceptors (Lipinski definition) is 4. The van der Waals surface area contributed by atoms with E-state index in [4.69, 9.17) is 27.9 Å². The first-order valence-corrected chi connectivity index (χ1v) is 10.8. The van der Waals surface area contributed by atoms with E-state index in [0.29, 0.717) is 28.0 Å². The maximum atomic E-state index is 11.8. The van der Waals surface area contributed by atoms with Crippen molar-refractivity contribution in [2.45, 2.75) is 12.8 Å². The summed E-state index contributed by atoms with van der Waals surface area (Å²) >= 11 is 11.8. The van der Waals surface area contributed by atoms with Crippen molar-refractivity contribution in [3.8, 4) is 5.75 Å². The average molecular weight is 431 g/mol. The molecule has 0 aliphatic heterocycles. The van der Waals surface area contributed by atoms with Crippen LogP contribution in [-0.2, 0) is 21.2 Å². The van der Waals surface area contributed by atoms with Gasteiger partial charge in [-0.3, -0.25) is 9.52 Å². The lowest BCUT2D eigenvalue weighted by atomic mass is 10.1.